The van der Waals surface area contributed by atoms with Crippen LogP contribution in [0.4, 0.5) is 0 Å². The molecule has 1 saturated carbocycles. The van der Waals surface area contributed by atoms with Gasteiger partial charge in [0.1, 0.15) is 0 Å². The van der Waals surface area contributed by atoms with Crippen LogP contribution in [0.15, 0.2) is 6.07 Å². The fourth-order valence-electron chi connectivity index (χ4n) is 3.16. The van der Waals surface area contributed by atoms with Crippen molar-refractivity contribution in [3.05, 3.63) is 17.5 Å². The first kappa shape index (κ1) is 17.0. The molecule has 0 aliphatic heterocycles. The van der Waals surface area contributed by atoms with E-state index in [2.05, 4.69) is 28.3 Å². The zero-order valence-electron chi connectivity index (χ0n) is 14.4. The van der Waals surface area contributed by atoms with E-state index in [0.717, 1.165) is 38.0 Å². The molecule has 1 N–H and O–H groups in total. The average molecular weight is 306 g/mol. The van der Waals surface area contributed by atoms with Gasteiger partial charge in [-0.15, -0.1) is 0 Å². The minimum Gasteiger partial charge on any atom is -0.352 e. The van der Waals surface area contributed by atoms with E-state index >= 15 is 0 Å². The summed E-state index contributed by atoms with van der Waals surface area (Å²) < 4.78 is 2.05. The average Bonchev–Trinajstić information content (AvgIpc) is 3.08. The third kappa shape index (κ3) is 4.57. The summed E-state index contributed by atoms with van der Waals surface area (Å²) in [7, 11) is 2.03. The van der Waals surface area contributed by atoms with E-state index < -0.39 is 0 Å². The first-order valence-corrected chi connectivity index (χ1v) is 8.49. The highest BCUT2D eigenvalue weighted by Gasteiger charge is 2.22. The quantitative estimate of drug-likeness (QED) is 0.841. The van der Waals surface area contributed by atoms with Crippen molar-refractivity contribution < 1.29 is 4.79 Å². The Bertz CT molecular complexity index is 491. The molecule has 124 valence electrons. The van der Waals surface area contributed by atoms with Crippen molar-refractivity contribution in [2.24, 2.45) is 0 Å². The van der Waals surface area contributed by atoms with E-state index in [-0.39, 0.29) is 11.9 Å². The molecule has 1 amide bonds. The molecule has 0 aromatic carbocycles. The van der Waals surface area contributed by atoms with Gasteiger partial charge in [-0.1, -0.05) is 12.8 Å². The van der Waals surface area contributed by atoms with Gasteiger partial charge in [-0.3, -0.25) is 14.4 Å². The third-order valence-electron chi connectivity index (χ3n) is 4.73. The van der Waals surface area contributed by atoms with E-state index in [1.807, 2.05) is 25.6 Å². The summed E-state index contributed by atoms with van der Waals surface area (Å²) in [5.41, 5.74) is 2.27. The lowest BCUT2D eigenvalue weighted by Crippen LogP contribution is -2.46. The summed E-state index contributed by atoms with van der Waals surface area (Å²) in [5, 5.41) is 7.66. The number of likely N-dealkylation sites (N-methyl/N-ethyl adjacent to an activating group) is 1. The van der Waals surface area contributed by atoms with Gasteiger partial charge in [-0.2, -0.15) is 5.10 Å². The lowest BCUT2D eigenvalue weighted by atomic mass is 10.2. The molecule has 0 saturated heterocycles. The lowest BCUT2D eigenvalue weighted by molar-refractivity contribution is -0.126. The smallest absolute Gasteiger partial charge is 0.237 e. The van der Waals surface area contributed by atoms with E-state index in [9.17, 15) is 4.79 Å². The summed E-state index contributed by atoms with van der Waals surface area (Å²) in [6.45, 7) is 7.90. The van der Waals surface area contributed by atoms with Gasteiger partial charge in [0.15, 0.2) is 0 Å². The predicted octanol–water partition coefficient (Wildman–Crippen LogP) is 2.27. The maximum Gasteiger partial charge on any atom is 0.237 e. The fraction of sp³-hybridized carbons (Fsp3) is 0.765. The summed E-state index contributed by atoms with van der Waals surface area (Å²) >= 11 is 0. The lowest BCUT2D eigenvalue weighted by Gasteiger charge is -2.25. The van der Waals surface area contributed by atoms with Crippen LogP contribution in [0.1, 0.15) is 50.4 Å². The second-order valence-corrected chi connectivity index (χ2v) is 6.65. The van der Waals surface area contributed by atoms with Crippen LogP contribution in [-0.2, 0) is 11.3 Å². The van der Waals surface area contributed by atoms with E-state index in [1.165, 1.54) is 18.5 Å². The van der Waals surface area contributed by atoms with Crippen LogP contribution >= 0.6 is 0 Å². The van der Waals surface area contributed by atoms with Crippen LogP contribution in [0, 0.1) is 13.8 Å². The Balaban J connectivity index is 1.72. The van der Waals surface area contributed by atoms with Crippen molar-refractivity contribution in [2.45, 2.75) is 71.5 Å². The number of nitrogens with one attached hydrogen (secondary N) is 1. The number of carbonyl (C=O) groups excluding carboxylic acids is 1. The molecule has 2 rings (SSSR count). The van der Waals surface area contributed by atoms with Crippen LogP contribution in [0.3, 0.4) is 0 Å². The SMILES string of the molecule is Cc1cc(C)n(CCCN(C)[C@H](C)C(=O)NC2CCCC2)n1. The maximum atomic E-state index is 12.3. The van der Waals surface area contributed by atoms with Crippen LogP contribution in [0.25, 0.3) is 0 Å². The van der Waals surface area contributed by atoms with Gasteiger partial charge in [-0.25, -0.2) is 0 Å². The molecule has 0 bridgehead atoms. The van der Waals surface area contributed by atoms with E-state index in [1.54, 1.807) is 0 Å². The van der Waals surface area contributed by atoms with E-state index in [0.29, 0.717) is 6.04 Å². The molecule has 0 radical (unpaired) electrons. The van der Waals surface area contributed by atoms with Gasteiger partial charge in [0, 0.05) is 24.8 Å². The van der Waals surface area contributed by atoms with E-state index in [4.69, 9.17) is 0 Å². The maximum absolute atomic E-state index is 12.3. The van der Waals surface area contributed by atoms with Crippen molar-refractivity contribution in [1.29, 1.82) is 0 Å². The highest BCUT2D eigenvalue weighted by Crippen LogP contribution is 2.17. The fourth-order valence-corrected chi connectivity index (χ4v) is 3.16. The summed E-state index contributed by atoms with van der Waals surface area (Å²) in [6, 6.07) is 2.43. The van der Waals surface area contributed by atoms with Crippen molar-refractivity contribution in [1.82, 2.24) is 20.0 Å². The number of nitrogens with zero attached hydrogens (tertiary/aromatic N) is 3. The molecule has 1 aliphatic rings. The zero-order valence-corrected chi connectivity index (χ0v) is 14.4. The molecule has 22 heavy (non-hydrogen) atoms. The highest BCUT2D eigenvalue weighted by atomic mass is 16.2. The third-order valence-corrected chi connectivity index (χ3v) is 4.73. The number of rotatable bonds is 7. The van der Waals surface area contributed by atoms with Gasteiger partial charge >= 0.3 is 0 Å². The molecular formula is C17H30N4O. The molecule has 1 atom stereocenters. The first-order valence-electron chi connectivity index (χ1n) is 8.49. The summed E-state index contributed by atoms with van der Waals surface area (Å²) in [6.07, 6.45) is 5.77. The number of hydrogen-bond donors (Lipinski definition) is 1. The van der Waals surface area contributed by atoms with Crippen LogP contribution in [0.2, 0.25) is 0 Å². The Morgan fingerprint density at radius 1 is 1.45 bits per heavy atom. The zero-order chi connectivity index (χ0) is 16.1. The molecular weight excluding hydrogens is 276 g/mol. The molecule has 1 aromatic heterocycles. The van der Waals surface area contributed by atoms with Crippen LogP contribution < -0.4 is 5.32 Å². The number of aryl methyl sites for hydroxylation is 3. The second kappa shape index (κ2) is 7.77. The van der Waals surface area contributed by atoms with Gasteiger partial charge in [0.25, 0.3) is 0 Å². The molecule has 5 heteroatoms. The molecule has 5 nitrogen and oxygen atoms in total. The number of hydrogen-bond acceptors (Lipinski definition) is 3. The largest absolute Gasteiger partial charge is 0.352 e. The molecule has 0 unspecified atom stereocenters. The van der Waals surface area contributed by atoms with Crippen molar-refractivity contribution in [3.8, 4) is 0 Å². The number of aromatic nitrogens is 2. The Hall–Kier alpha value is -1.36. The van der Waals surface area contributed by atoms with Gasteiger partial charge in [0.05, 0.1) is 11.7 Å². The molecule has 1 heterocycles. The number of carbonyl (C=O) groups is 1. The van der Waals surface area contributed by atoms with Crippen molar-refractivity contribution in [2.75, 3.05) is 13.6 Å². The first-order chi connectivity index (χ1) is 10.5. The molecule has 0 spiro atoms. The minimum absolute atomic E-state index is 0.0685. The molecule has 1 fully saturated rings. The standard InChI is InChI=1S/C17H30N4O/c1-13-12-14(2)21(19-13)11-7-10-20(4)15(3)17(22)18-16-8-5-6-9-16/h12,15-16H,5-11H2,1-4H3,(H,18,22)/t15-/m1/s1. The van der Waals surface area contributed by atoms with Gasteiger partial charge in [-0.05, 0) is 53.1 Å². The van der Waals surface area contributed by atoms with Gasteiger partial charge < -0.3 is 5.32 Å². The Labute approximate surface area is 134 Å². The Morgan fingerprint density at radius 2 is 2.14 bits per heavy atom. The summed E-state index contributed by atoms with van der Waals surface area (Å²) in [5.74, 6) is 0.167. The molecule has 1 aromatic rings. The van der Waals surface area contributed by atoms with Crippen LogP contribution in [0.5, 0.6) is 0 Å². The highest BCUT2D eigenvalue weighted by molar-refractivity contribution is 5.81. The number of amides is 1. The Morgan fingerprint density at radius 3 is 2.73 bits per heavy atom. The van der Waals surface area contributed by atoms with Crippen molar-refractivity contribution >= 4 is 5.91 Å². The molecule has 1 aliphatic carbocycles. The summed E-state index contributed by atoms with van der Waals surface area (Å²) in [4.78, 5) is 14.4. The second-order valence-electron chi connectivity index (χ2n) is 6.65. The normalized spacial score (nSPS) is 17.1. The topological polar surface area (TPSA) is 50.2 Å². The minimum atomic E-state index is -0.0685. The van der Waals surface area contributed by atoms with Crippen LogP contribution in [-0.4, -0.2) is 46.3 Å². The monoisotopic (exact) mass is 306 g/mol. The predicted molar refractivity (Wildman–Crippen MR) is 88.8 cm³/mol. The van der Waals surface area contributed by atoms with Gasteiger partial charge in [0.2, 0.25) is 5.91 Å². The van der Waals surface area contributed by atoms with Crippen molar-refractivity contribution in [3.63, 3.8) is 0 Å². The Kier molecular flexibility index (Phi) is 6.00.